The molecule has 1 aromatic rings. The van der Waals surface area contributed by atoms with Gasteiger partial charge in [0.05, 0.1) is 13.2 Å². The van der Waals surface area contributed by atoms with Gasteiger partial charge in [-0.2, -0.15) is 0 Å². The van der Waals surface area contributed by atoms with Crippen LogP contribution in [0.3, 0.4) is 0 Å². The molecule has 0 aromatic heterocycles. The summed E-state index contributed by atoms with van der Waals surface area (Å²) >= 11 is 5.95. The fraction of sp³-hybridized carbons (Fsp3) is 0.538. The zero-order valence-corrected chi connectivity index (χ0v) is 10.7. The molecule has 1 aromatic carbocycles. The first-order chi connectivity index (χ1) is 8.06. The molecular weight excluding hydrogens is 243 g/mol. The molecule has 0 bridgehead atoms. The Bertz CT molecular complexity index is 364. The zero-order chi connectivity index (χ0) is 12.9. The van der Waals surface area contributed by atoms with Crippen LogP contribution >= 0.6 is 11.6 Å². The van der Waals surface area contributed by atoms with Gasteiger partial charge < -0.3 is 10.2 Å². The van der Waals surface area contributed by atoms with Gasteiger partial charge in [-0.15, -0.1) is 0 Å². The molecule has 0 saturated heterocycles. The molecule has 0 amide bonds. The van der Waals surface area contributed by atoms with Gasteiger partial charge in [0.15, 0.2) is 0 Å². The van der Waals surface area contributed by atoms with E-state index in [1.54, 1.807) is 6.07 Å². The van der Waals surface area contributed by atoms with Crippen molar-refractivity contribution in [2.45, 2.75) is 26.2 Å². The minimum Gasteiger partial charge on any atom is -0.396 e. The average Bonchev–Trinajstić information content (AvgIpc) is 2.32. The van der Waals surface area contributed by atoms with Gasteiger partial charge in [-0.05, 0) is 30.5 Å². The van der Waals surface area contributed by atoms with Crippen LogP contribution in [0.15, 0.2) is 18.2 Å². The van der Waals surface area contributed by atoms with Gasteiger partial charge >= 0.3 is 0 Å². The summed E-state index contributed by atoms with van der Waals surface area (Å²) in [7, 11) is 0. The summed E-state index contributed by atoms with van der Waals surface area (Å²) in [5.41, 5.74) is 0.181. The Morgan fingerprint density at radius 1 is 1.29 bits per heavy atom. The molecule has 0 spiro atoms. The third-order valence-electron chi connectivity index (χ3n) is 3.03. The minimum absolute atomic E-state index is 0.106. The van der Waals surface area contributed by atoms with Crippen molar-refractivity contribution in [3.05, 3.63) is 34.6 Å². The smallest absolute Gasteiger partial charge is 0.124 e. The van der Waals surface area contributed by atoms with Crippen molar-refractivity contribution >= 4 is 11.6 Å². The minimum atomic E-state index is -0.573. The van der Waals surface area contributed by atoms with Crippen LogP contribution in [0.5, 0.6) is 0 Å². The standard InChI is InChI=1S/C13H18ClFO2/c1-2-5-13(8-16,9-17)7-10-3-4-11(15)6-12(10)14/h3-4,6,16-17H,2,5,7-9H2,1H3. The van der Waals surface area contributed by atoms with Gasteiger partial charge in [-0.1, -0.05) is 31.0 Å². The Morgan fingerprint density at radius 3 is 2.41 bits per heavy atom. The van der Waals surface area contributed by atoms with E-state index in [2.05, 4.69) is 0 Å². The summed E-state index contributed by atoms with van der Waals surface area (Å²) in [4.78, 5) is 0. The molecule has 0 fully saturated rings. The van der Waals surface area contributed by atoms with E-state index in [1.165, 1.54) is 12.1 Å². The highest BCUT2D eigenvalue weighted by Gasteiger charge is 2.28. The Hall–Kier alpha value is -0.640. The van der Waals surface area contributed by atoms with E-state index in [1.807, 2.05) is 6.92 Å². The van der Waals surface area contributed by atoms with Crippen LogP contribution in [-0.4, -0.2) is 23.4 Å². The highest BCUT2D eigenvalue weighted by molar-refractivity contribution is 6.31. The topological polar surface area (TPSA) is 40.5 Å². The molecule has 2 nitrogen and oxygen atoms in total. The molecule has 0 aliphatic heterocycles. The van der Waals surface area contributed by atoms with E-state index in [0.29, 0.717) is 17.9 Å². The summed E-state index contributed by atoms with van der Waals surface area (Å²) in [5.74, 6) is -0.382. The predicted molar refractivity (Wildman–Crippen MR) is 66.6 cm³/mol. The highest BCUT2D eigenvalue weighted by atomic mass is 35.5. The first kappa shape index (κ1) is 14.4. The second kappa shape index (κ2) is 6.34. The molecule has 0 atom stereocenters. The Morgan fingerprint density at radius 2 is 1.94 bits per heavy atom. The average molecular weight is 261 g/mol. The molecule has 4 heteroatoms. The van der Waals surface area contributed by atoms with Crippen LogP contribution in [0.25, 0.3) is 0 Å². The normalized spacial score (nSPS) is 11.8. The number of halogens is 2. The number of aliphatic hydroxyl groups excluding tert-OH is 2. The van der Waals surface area contributed by atoms with Crippen LogP contribution in [0.2, 0.25) is 5.02 Å². The molecule has 96 valence electrons. The van der Waals surface area contributed by atoms with E-state index in [0.717, 1.165) is 12.0 Å². The Labute approximate surface area is 106 Å². The fourth-order valence-electron chi connectivity index (χ4n) is 2.01. The first-order valence-corrected chi connectivity index (χ1v) is 6.10. The van der Waals surface area contributed by atoms with Crippen LogP contribution in [0.1, 0.15) is 25.3 Å². The van der Waals surface area contributed by atoms with Crippen LogP contribution in [0, 0.1) is 11.2 Å². The highest BCUT2D eigenvalue weighted by Crippen LogP contribution is 2.31. The largest absolute Gasteiger partial charge is 0.396 e. The summed E-state index contributed by atoms with van der Waals surface area (Å²) in [6.45, 7) is 1.78. The third kappa shape index (κ3) is 3.66. The summed E-state index contributed by atoms with van der Waals surface area (Å²) in [5, 5.41) is 19.2. The number of hydrogen-bond acceptors (Lipinski definition) is 2. The lowest BCUT2D eigenvalue weighted by atomic mass is 9.79. The van der Waals surface area contributed by atoms with Crippen molar-refractivity contribution in [3.63, 3.8) is 0 Å². The Balaban J connectivity index is 2.92. The van der Waals surface area contributed by atoms with Crippen molar-refractivity contribution in [2.75, 3.05) is 13.2 Å². The van der Waals surface area contributed by atoms with Crippen LogP contribution in [0.4, 0.5) is 4.39 Å². The molecule has 0 aliphatic rings. The molecule has 0 radical (unpaired) electrons. The first-order valence-electron chi connectivity index (χ1n) is 5.72. The van der Waals surface area contributed by atoms with E-state index < -0.39 is 5.41 Å². The second-order valence-electron chi connectivity index (χ2n) is 4.48. The van der Waals surface area contributed by atoms with Gasteiger partial charge in [-0.3, -0.25) is 0 Å². The lowest BCUT2D eigenvalue weighted by Crippen LogP contribution is -2.32. The maximum Gasteiger partial charge on any atom is 0.124 e. The summed E-state index contributed by atoms with van der Waals surface area (Å²) in [6, 6.07) is 4.20. The maximum absolute atomic E-state index is 12.9. The fourth-order valence-corrected chi connectivity index (χ4v) is 2.24. The van der Waals surface area contributed by atoms with Crippen LogP contribution in [-0.2, 0) is 6.42 Å². The molecule has 17 heavy (non-hydrogen) atoms. The number of aliphatic hydroxyl groups is 2. The van der Waals surface area contributed by atoms with Gasteiger partial charge in [0.1, 0.15) is 5.82 Å². The number of rotatable bonds is 6. The molecular formula is C13H18ClFO2. The van der Waals surface area contributed by atoms with Crippen LogP contribution < -0.4 is 0 Å². The third-order valence-corrected chi connectivity index (χ3v) is 3.38. The molecule has 0 aliphatic carbocycles. The molecule has 0 saturated carbocycles. The quantitative estimate of drug-likeness (QED) is 0.826. The van der Waals surface area contributed by atoms with E-state index in [4.69, 9.17) is 11.6 Å². The van der Waals surface area contributed by atoms with E-state index in [-0.39, 0.29) is 19.0 Å². The second-order valence-corrected chi connectivity index (χ2v) is 4.89. The van der Waals surface area contributed by atoms with Gasteiger partial charge in [0.2, 0.25) is 0 Å². The lowest BCUT2D eigenvalue weighted by Gasteiger charge is -2.29. The lowest BCUT2D eigenvalue weighted by molar-refractivity contribution is 0.0466. The molecule has 0 unspecified atom stereocenters. The predicted octanol–water partition coefficient (Wildman–Crippen LogP) is 2.79. The number of benzene rings is 1. The van der Waals surface area contributed by atoms with Gasteiger partial charge in [0.25, 0.3) is 0 Å². The molecule has 1 rings (SSSR count). The maximum atomic E-state index is 12.9. The van der Waals surface area contributed by atoms with E-state index >= 15 is 0 Å². The molecule has 2 N–H and O–H groups in total. The van der Waals surface area contributed by atoms with Crippen molar-refractivity contribution in [3.8, 4) is 0 Å². The summed E-state index contributed by atoms with van der Waals surface area (Å²) in [6.07, 6.45) is 2.01. The molecule has 0 heterocycles. The van der Waals surface area contributed by atoms with E-state index in [9.17, 15) is 14.6 Å². The Kier molecular flexibility index (Phi) is 5.37. The summed E-state index contributed by atoms with van der Waals surface area (Å²) < 4.78 is 12.9. The zero-order valence-electron chi connectivity index (χ0n) is 9.92. The number of hydrogen-bond donors (Lipinski definition) is 2. The van der Waals surface area contributed by atoms with Crippen molar-refractivity contribution in [1.82, 2.24) is 0 Å². The van der Waals surface area contributed by atoms with Gasteiger partial charge in [-0.25, -0.2) is 4.39 Å². The van der Waals surface area contributed by atoms with Crippen molar-refractivity contribution in [2.24, 2.45) is 5.41 Å². The van der Waals surface area contributed by atoms with Crippen molar-refractivity contribution in [1.29, 1.82) is 0 Å². The SMILES string of the molecule is CCCC(CO)(CO)Cc1ccc(F)cc1Cl. The van der Waals surface area contributed by atoms with Gasteiger partial charge in [0, 0.05) is 10.4 Å². The van der Waals surface area contributed by atoms with Crippen molar-refractivity contribution < 1.29 is 14.6 Å². The monoisotopic (exact) mass is 260 g/mol.